The van der Waals surface area contributed by atoms with E-state index >= 15 is 0 Å². The number of amides is 1. The molecule has 0 aliphatic carbocycles. The highest BCUT2D eigenvalue weighted by Crippen LogP contribution is 2.18. The van der Waals surface area contributed by atoms with Crippen molar-refractivity contribution < 1.29 is 14.7 Å². The highest BCUT2D eigenvalue weighted by molar-refractivity contribution is 9.10. The maximum absolute atomic E-state index is 11.6. The summed E-state index contributed by atoms with van der Waals surface area (Å²) in [7, 11) is 0. The van der Waals surface area contributed by atoms with Crippen molar-refractivity contribution in [2.75, 3.05) is 6.54 Å². The number of carbonyl (C=O) groups is 2. The molecular weight excluding hydrogens is 336 g/mol. The third kappa shape index (κ3) is 6.27. The van der Waals surface area contributed by atoms with Crippen LogP contribution in [-0.2, 0) is 11.3 Å². The molecule has 0 bridgehead atoms. The fourth-order valence-corrected chi connectivity index (χ4v) is 2.22. The van der Waals surface area contributed by atoms with Crippen LogP contribution in [-0.4, -0.2) is 29.6 Å². The highest BCUT2D eigenvalue weighted by atomic mass is 79.9. The molecule has 1 amide bonds. The van der Waals surface area contributed by atoms with Crippen LogP contribution in [0.25, 0.3) is 0 Å². The number of aromatic carboxylic acids is 1. The second-order valence-corrected chi connectivity index (χ2v) is 5.77. The van der Waals surface area contributed by atoms with Crippen LogP contribution in [0, 0.1) is 0 Å². The van der Waals surface area contributed by atoms with E-state index in [-0.39, 0.29) is 17.5 Å². The number of nitrogens with one attached hydrogen (secondary N) is 2. The number of hydrogen-bond donors (Lipinski definition) is 3. The molecule has 3 N–H and O–H groups in total. The minimum absolute atomic E-state index is 0.0390. The topological polar surface area (TPSA) is 78.4 Å². The Bertz CT molecular complexity index is 506. The summed E-state index contributed by atoms with van der Waals surface area (Å²) < 4.78 is 0.749. The zero-order valence-electron chi connectivity index (χ0n) is 12.3. The monoisotopic (exact) mass is 356 g/mol. The van der Waals surface area contributed by atoms with Crippen LogP contribution in [0.3, 0.4) is 0 Å². The Morgan fingerprint density at radius 3 is 2.67 bits per heavy atom. The normalized spacial score (nSPS) is 12.0. The van der Waals surface area contributed by atoms with Crippen LogP contribution >= 0.6 is 15.9 Å². The van der Waals surface area contributed by atoms with Gasteiger partial charge in [0.25, 0.3) is 0 Å². The van der Waals surface area contributed by atoms with E-state index in [9.17, 15) is 9.59 Å². The van der Waals surface area contributed by atoms with Crippen molar-refractivity contribution >= 4 is 27.8 Å². The van der Waals surface area contributed by atoms with Crippen LogP contribution in [0.4, 0.5) is 0 Å². The molecule has 0 aromatic heterocycles. The predicted molar refractivity (Wildman–Crippen MR) is 85.3 cm³/mol. The number of halogens is 1. The molecule has 5 nitrogen and oxygen atoms in total. The van der Waals surface area contributed by atoms with Gasteiger partial charge in [0.05, 0.1) is 5.56 Å². The average Bonchev–Trinajstić information content (AvgIpc) is 2.44. The molecule has 0 saturated carbocycles. The second-order valence-electron chi connectivity index (χ2n) is 4.91. The first-order chi connectivity index (χ1) is 9.93. The van der Waals surface area contributed by atoms with Gasteiger partial charge < -0.3 is 15.7 Å². The fourth-order valence-electron chi connectivity index (χ4n) is 1.70. The number of rotatable bonds is 8. The number of carboxylic acid groups (broad SMARTS) is 1. The number of carbonyl (C=O) groups excluding carboxylic acids is 1. The third-order valence-electron chi connectivity index (χ3n) is 3.16. The maximum Gasteiger partial charge on any atom is 0.335 e. The molecule has 6 heteroatoms. The van der Waals surface area contributed by atoms with Crippen LogP contribution in [0.2, 0.25) is 0 Å². The van der Waals surface area contributed by atoms with E-state index in [1.807, 2.05) is 13.8 Å². The Hall–Kier alpha value is -1.40. The first kappa shape index (κ1) is 17.7. The molecule has 1 atom stereocenters. The smallest absolute Gasteiger partial charge is 0.335 e. The Labute approximate surface area is 133 Å². The SMILES string of the molecule is CCC(C)NC(=O)CCNCc1ccc(C(=O)O)cc1Br. The summed E-state index contributed by atoms with van der Waals surface area (Å²) in [6.07, 6.45) is 1.34. The molecule has 0 aliphatic heterocycles. The summed E-state index contributed by atoms with van der Waals surface area (Å²) in [4.78, 5) is 22.4. The Kier molecular flexibility index (Phi) is 7.39. The van der Waals surface area contributed by atoms with Crippen molar-refractivity contribution in [2.45, 2.75) is 39.3 Å². The van der Waals surface area contributed by atoms with Crippen molar-refractivity contribution in [1.82, 2.24) is 10.6 Å². The third-order valence-corrected chi connectivity index (χ3v) is 3.90. The molecule has 1 aromatic carbocycles. The molecule has 1 unspecified atom stereocenters. The van der Waals surface area contributed by atoms with Gasteiger partial charge in [-0.25, -0.2) is 4.79 Å². The van der Waals surface area contributed by atoms with Crippen LogP contribution < -0.4 is 10.6 Å². The molecular formula is C15H21BrN2O3. The molecule has 0 spiro atoms. The lowest BCUT2D eigenvalue weighted by Gasteiger charge is -2.12. The highest BCUT2D eigenvalue weighted by Gasteiger charge is 2.07. The minimum Gasteiger partial charge on any atom is -0.478 e. The van der Waals surface area contributed by atoms with Gasteiger partial charge in [0, 0.05) is 30.0 Å². The Balaban J connectivity index is 2.36. The van der Waals surface area contributed by atoms with Crippen molar-refractivity contribution in [2.24, 2.45) is 0 Å². The van der Waals surface area contributed by atoms with E-state index in [2.05, 4.69) is 26.6 Å². The molecule has 0 heterocycles. The summed E-state index contributed by atoms with van der Waals surface area (Å²) in [6.45, 7) is 5.17. The molecule has 0 radical (unpaired) electrons. The number of benzene rings is 1. The molecule has 21 heavy (non-hydrogen) atoms. The lowest BCUT2D eigenvalue weighted by molar-refractivity contribution is -0.121. The quantitative estimate of drug-likeness (QED) is 0.625. The zero-order chi connectivity index (χ0) is 15.8. The van der Waals surface area contributed by atoms with E-state index in [0.717, 1.165) is 16.5 Å². The summed E-state index contributed by atoms with van der Waals surface area (Å²) >= 11 is 3.36. The van der Waals surface area contributed by atoms with E-state index in [1.54, 1.807) is 18.2 Å². The lowest BCUT2D eigenvalue weighted by Crippen LogP contribution is -2.33. The fraction of sp³-hybridized carbons (Fsp3) is 0.467. The van der Waals surface area contributed by atoms with Crippen LogP contribution in [0.1, 0.15) is 42.6 Å². The summed E-state index contributed by atoms with van der Waals surface area (Å²) in [5.41, 5.74) is 1.21. The van der Waals surface area contributed by atoms with E-state index in [0.29, 0.717) is 19.5 Å². The summed E-state index contributed by atoms with van der Waals surface area (Å²) in [6, 6.07) is 5.12. The van der Waals surface area contributed by atoms with Gasteiger partial charge in [0.2, 0.25) is 5.91 Å². The van der Waals surface area contributed by atoms with Crippen molar-refractivity contribution in [3.63, 3.8) is 0 Å². The molecule has 1 aromatic rings. The Morgan fingerprint density at radius 2 is 2.10 bits per heavy atom. The standard InChI is InChI=1S/C15H21BrN2O3/c1-3-10(2)18-14(19)6-7-17-9-12-5-4-11(15(20)21)8-13(12)16/h4-5,8,10,17H,3,6-7,9H2,1-2H3,(H,18,19)(H,20,21). The zero-order valence-corrected chi connectivity index (χ0v) is 13.9. The molecule has 0 aliphatic rings. The molecule has 0 fully saturated rings. The minimum atomic E-state index is -0.947. The van der Waals surface area contributed by atoms with Gasteiger partial charge in [0.1, 0.15) is 0 Å². The van der Waals surface area contributed by atoms with Crippen molar-refractivity contribution in [3.8, 4) is 0 Å². The van der Waals surface area contributed by atoms with Gasteiger partial charge >= 0.3 is 5.97 Å². The van der Waals surface area contributed by atoms with Gasteiger partial charge in [0.15, 0.2) is 0 Å². The number of carboxylic acids is 1. The first-order valence-corrected chi connectivity index (χ1v) is 7.75. The first-order valence-electron chi connectivity index (χ1n) is 6.95. The van der Waals surface area contributed by atoms with E-state index in [1.165, 1.54) is 0 Å². The van der Waals surface area contributed by atoms with Gasteiger partial charge in [-0.05, 0) is 31.0 Å². The largest absolute Gasteiger partial charge is 0.478 e. The Morgan fingerprint density at radius 1 is 1.38 bits per heavy atom. The van der Waals surface area contributed by atoms with E-state index in [4.69, 9.17) is 5.11 Å². The van der Waals surface area contributed by atoms with Gasteiger partial charge in [-0.2, -0.15) is 0 Å². The predicted octanol–water partition coefficient (Wildman–Crippen LogP) is 2.54. The van der Waals surface area contributed by atoms with Gasteiger partial charge in [-0.3, -0.25) is 4.79 Å². The summed E-state index contributed by atoms with van der Waals surface area (Å²) in [5.74, 6) is -0.908. The average molecular weight is 357 g/mol. The van der Waals surface area contributed by atoms with Gasteiger partial charge in [-0.1, -0.05) is 28.9 Å². The maximum atomic E-state index is 11.6. The molecule has 1 rings (SSSR count). The van der Waals surface area contributed by atoms with Crippen LogP contribution in [0.5, 0.6) is 0 Å². The summed E-state index contributed by atoms with van der Waals surface area (Å²) in [5, 5.41) is 15.0. The van der Waals surface area contributed by atoms with Gasteiger partial charge in [-0.15, -0.1) is 0 Å². The van der Waals surface area contributed by atoms with Crippen LogP contribution in [0.15, 0.2) is 22.7 Å². The second kappa shape index (κ2) is 8.79. The lowest BCUT2D eigenvalue weighted by atomic mass is 10.1. The van der Waals surface area contributed by atoms with E-state index < -0.39 is 5.97 Å². The van der Waals surface area contributed by atoms with Crippen molar-refractivity contribution in [3.05, 3.63) is 33.8 Å². The molecule has 116 valence electrons. The van der Waals surface area contributed by atoms with Crippen molar-refractivity contribution in [1.29, 1.82) is 0 Å². The molecule has 0 saturated heterocycles. The number of hydrogen-bond acceptors (Lipinski definition) is 3.